The zero-order valence-electron chi connectivity index (χ0n) is 9.36. The number of ether oxygens (including phenoxy) is 1. The molecule has 0 saturated heterocycles. The van der Waals surface area contributed by atoms with E-state index >= 15 is 0 Å². The number of benzene rings is 1. The highest BCUT2D eigenvalue weighted by Crippen LogP contribution is 2.24. The Hall–Kier alpha value is -1.08. The van der Waals surface area contributed by atoms with Gasteiger partial charge in [-0.05, 0) is 24.6 Å². The molecule has 94 valence electrons. The molecule has 0 aliphatic carbocycles. The monoisotopic (exact) mass is 321 g/mol. The highest BCUT2D eigenvalue weighted by molar-refractivity contribution is 9.10. The van der Waals surface area contributed by atoms with Crippen molar-refractivity contribution in [3.8, 4) is 0 Å². The van der Waals surface area contributed by atoms with Crippen LogP contribution >= 0.6 is 15.9 Å². The van der Waals surface area contributed by atoms with Crippen LogP contribution in [0.15, 0.2) is 22.7 Å². The second kappa shape index (κ2) is 5.50. The Morgan fingerprint density at radius 1 is 1.47 bits per heavy atom. The van der Waals surface area contributed by atoms with Gasteiger partial charge >= 0.3 is 5.97 Å². The smallest absolute Gasteiger partial charge is 0.322 e. The minimum absolute atomic E-state index is 0.434. The van der Waals surface area contributed by atoms with Crippen molar-refractivity contribution < 1.29 is 17.9 Å². The molecule has 0 heterocycles. The van der Waals surface area contributed by atoms with Gasteiger partial charge in [0.05, 0.1) is 12.8 Å². The van der Waals surface area contributed by atoms with Gasteiger partial charge in [0.15, 0.2) is 5.75 Å². The quantitative estimate of drug-likeness (QED) is 0.856. The van der Waals surface area contributed by atoms with Crippen LogP contribution in [-0.4, -0.2) is 27.2 Å². The number of hydrogen-bond acceptors (Lipinski definition) is 4. The fourth-order valence-corrected chi connectivity index (χ4v) is 2.56. The summed E-state index contributed by atoms with van der Waals surface area (Å²) in [5.41, 5.74) is 1.18. The van der Waals surface area contributed by atoms with E-state index in [9.17, 15) is 13.2 Å². The predicted molar refractivity (Wildman–Crippen MR) is 68.3 cm³/mol. The Kier molecular flexibility index (Phi) is 4.53. The number of methoxy groups -OCH3 is 1. The van der Waals surface area contributed by atoms with Crippen molar-refractivity contribution >= 4 is 37.6 Å². The summed E-state index contributed by atoms with van der Waals surface area (Å²) in [6.45, 7) is 1.76. The molecule has 5 nitrogen and oxygen atoms in total. The third-order valence-corrected chi connectivity index (χ3v) is 4.07. The van der Waals surface area contributed by atoms with Crippen molar-refractivity contribution in [3.05, 3.63) is 28.2 Å². The maximum absolute atomic E-state index is 11.6. The number of esters is 1. The lowest BCUT2D eigenvalue weighted by Crippen LogP contribution is -2.24. The zero-order chi connectivity index (χ0) is 13.1. The molecule has 0 aliphatic rings. The molecule has 0 aromatic heterocycles. The van der Waals surface area contributed by atoms with Crippen molar-refractivity contribution in [2.24, 2.45) is 0 Å². The van der Waals surface area contributed by atoms with Gasteiger partial charge in [0, 0.05) is 4.47 Å². The van der Waals surface area contributed by atoms with E-state index in [1.54, 1.807) is 25.1 Å². The summed E-state index contributed by atoms with van der Waals surface area (Å²) in [5, 5.41) is 0. The van der Waals surface area contributed by atoms with Crippen molar-refractivity contribution in [1.29, 1.82) is 0 Å². The van der Waals surface area contributed by atoms with E-state index in [1.165, 1.54) is 0 Å². The molecular formula is C10H12BrNO4S. The standard InChI is InChI=1S/C10H12BrNO4S/c1-7-8(11)4-3-5-9(7)12-17(14,15)6-10(13)16-2/h3-5,12H,6H2,1-2H3. The number of carbonyl (C=O) groups is 1. The Morgan fingerprint density at radius 3 is 2.71 bits per heavy atom. The molecule has 0 amide bonds. The van der Waals surface area contributed by atoms with E-state index < -0.39 is 21.7 Å². The van der Waals surface area contributed by atoms with Crippen molar-refractivity contribution in [2.45, 2.75) is 6.92 Å². The summed E-state index contributed by atoms with van der Waals surface area (Å²) in [5.74, 6) is -1.50. The number of sulfonamides is 1. The molecule has 17 heavy (non-hydrogen) atoms. The van der Waals surface area contributed by atoms with Gasteiger partial charge in [0.2, 0.25) is 10.0 Å². The second-order valence-corrected chi connectivity index (χ2v) is 5.93. The minimum Gasteiger partial charge on any atom is -0.468 e. The lowest BCUT2D eigenvalue weighted by molar-refractivity contribution is -0.137. The SMILES string of the molecule is COC(=O)CS(=O)(=O)Nc1cccc(Br)c1C. The number of carbonyl (C=O) groups excluding carboxylic acids is 1. The average molecular weight is 322 g/mol. The molecule has 0 bridgehead atoms. The normalized spacial score (nSPS) is 11.0. The van der Waals surface area contributed by atoms with Gasteiger partial charge in [-0.15, -0.1) is 0 Å². The average Bonchev–Trinajstić information content (AvgIpc) is 2.23. The van der Waals surface area contributed by atoms with Crippen LogP contribution in [0, 0.1) is 6.92 Å². The molecular weight excluding hydrogens is 310 g/mol. The molecule has 0 aliphatic heterocycles. The van der Waals surface area contributed by atoms with Crippen molar-refractivity contribution in [2.75, 3.05) is 17.6 Å². The Balaban J connectivity index is 2.91. The maximum Gasteiger partial charge on any atom is 0.322 e. The lowest BCUT2D eigenvalue weighted by Gasteiger charge is -2.10. The topological polar surface area (TPSA) is 72.5 Å². The summed E-state index contributed by atoms with van der Waals surface area (Å²) < 4.78 is 30.6. The minimum atomic E-state index is -3.73. The van der Waals surface area contributed by atoms with Crippen LogP contribution in [-0.2, 0) is 19.6 Å². The van der Waals surface area contributed by atoms with Gasteiger partial charge in [-0.2, -0.15) is 0 Å². The third kappa shape index (κ3) is 4.01. The summed E-state index contributed by atoms with van der Waals surface area (Å²) >= 11 is 3.29. The molecule has 1 aromatic carbocycles. The highest BCUT2D eigenvalue weighted by atomic mass is 79.9. The van der Waals surface area contributed by atoms with Crippen LogP contribution in [0.5, 0.6) is 0 Å². The Labute approximate surface area is 108 Å². The molecule has 0 saturated carbocycles. The van der Waals surface area contributed by atoms with E-state index in [0.29, 0.717) is 5.69 Å². The van der Waals surface area contributed by atoms with Crippen LogP contribution in [0.1, 0.15) is 5.56 Å². The lowest BCUT2D eigenvalue weighted by atomic mass is 10.2. The number of halogens is 1. The molecule has 0 fully saturated rings. The van der Waals surface area contributed by atoms with Gasteiger partial charge in [0.1, 0.15) is 0 Å². The van der Waals surface area contributed by atoms with E-state index in [1.807, 2.05) is 0 Å². The molecule has 1 rings (SSSR count). The fraction of sp³-hybridized carbons (Fsp3) is 0.300. The van der Waals surface area contributed by atoms with Gasteiger partial charge in [-0.1, -0.05) is 22.0 Å². The van der Waals surface area contributed by atoms with Crippen LogP contribution < -0.4 is 4.72 Å². The van der Waals surface area contributed by atoms with Crippen molar-refractivity contribution in [1.82, 2.24) is 0 Å². The zero-order valence-corrected chi connectivity index (χ0v) is 11.8. The molecule has 1 aromatic rings. The predicted octanol–water partition coefficient (Wildman–Crippen LogP) is 1.67. The number of hydrogen-bond donors (Lipinski definition) is 1. The summed E-state index contributed by atoms with van der Waals surface area (Å²) in [4.78, 5) is 10.9. The molecule has 1 N–H and O–H groups in total. The van der Waals surface area contributed by atoms with E-state index in [4.69, 9.17) is 0 Å². The molecule has 0 unspecified atom stereocenters. The van der Waals surface area contributed by atoms with E-state index in [2.05, 4.69) is 25.4 Å². The summed E-state index contributed by atoms with van der Waals surface area (Å²) in [6.07, 6.45) is 0. The van der Waals surface area contributed by atoms with E-state index in [0.717, 1.165) is 17.1 Å². The van der Waals surface area contributed by atoms with Gasteiger partial charge in [-0.3, -0.25) is 9.52 Å². The second-order valence-electron chi connectivity index (χ2n) is 3.35. The van der Waals surface area contributed by atoms with E-state index in [-0.39, 0.29) is 0 Å². The Bertz CT molecular complexity index is 527. The molecule has 0 radical (unpaired) electrons. The summed E-state index contributed by atoms with van der Waals surface area (Å²) in [7, 11) is -2.59. The first kappa shape index (κ1) is 14.0. The van der Waals surface area contributed by atoms with Crippen LogP contribution in [0.25, 0.3) is 0 Å². The van der Waals surface area contributed by atoms with Gasteiger partial charge < -0.3 is 4.74 Å². The molecule has 0 atom stereocenters. The largest absolute Gasteiger partial charge is 0.468 e. The highest BCUT2D eigenvalue weighted by Gasteiger charge is 2.17. The number of nitrogens with one attached hydrogen (secondary N) is 1. The first-order valence-corrected chi connectivity index (χ1v) is 7.12. The van der Waals surface area contributed by atoms with Crippen molar-refractivity contribution in [3.63, 3.8) is 0 Å². The van der Waals surface area contributed by atoms with Crippen LogP contribution in [0.2, 0.25) is 0 Å². The number of rotatable bonds is 4. The third-order valence-electron chi connectivity index (χ3n) is 2.07. The molecule has 7 heteroatoms. The van der Waals surface area contributed by atoms with Crippen LogP contribution in [0.3, 0.4) is 0 Å². The van der Waals surface area contributed by atoms with Crippen LogP contribution in [0.4, 0.5) is 5.69 Å². The molecule has 0 spiro atoms. The first-order valence-electron chi connectivity index (χ1n) is 4.68. The first-order chi connectivity index (χ1) is 7.85. The maximum atomic E-state index is 11.6. The van der Waals surface area contributed by atoms with Gasteiger partial charge in [0.25, 0.3) is 0 Å². The fourth-order valence-electron chi connectivity index (χ4n) is 1.14. The Morgan fingerprint density at radius 2 is 2.12 bits per heavy atom. The number of anilines is 1. The summed E-state index contributed by atoms with van der Waals surface area (Å²) in [6, 6.07) is 5.12. The van der Waals surface area contributed by atoms with Gasteiger partial charge in [-0.25, -0.2) is 8.42 Å².